The summed E-state index contributed by atoms with van der Waals surface area (Å²) < 4.78 is 5.47. The third kappa shape index (κ3) is 4.40. The van der Waals surface area contributed by atoms with Gasteiger partial charge in [0.1, 0.15) is 0 Å². The molecular formula is C11H24N2O. The van der Waals surface area contributed by atoms with E-state index in [1.54, 1.807) is 0 Å². The smallest absolute Gasteiger partial charge is 0.0506 e. The number of likely N-dealkylation sites (tertiary alicyclic amines) is 1. The number of nitrogens with zero attached hydrogens (tertiary/aromatic N) is 1. The van der Waals surface area contributed by atoms with E-state index in [0.717, 1.165) is 25.7 Å². The predicted molar refractivity (Wildman–Crippen MR) is 59.3 cm³/mol. The summed E-state index contributed by atoms with van der Waals surface area (Å²) in [7, 11) is 0. The SMILES string of the molecule is CCOCC1CCCN(CC(C)N)C1. The van der Waals surface area contributed by atoms with Gasteiger partial charge in [0.2, 0.25) is 0 Å². The Labute approximate surface area is 87.6 Å². The Morgan fingerprint density at radius 1 is 1.57 bits per heavy atom. The van der Waals surface area contributed by atoms with E-state index in [-0.39, 0.29) is 0 Å². The van der Waals surface area contributed by atoms with Gasteiger partial charge in [-0.3, -0.25) is 0 Å². The van der Waals surface area contributed by atoms with Crippen LogP contribution in [0.15, 0.2) is 0 Å². The van der Waals surface area contributed by atoms with Crippen molar-refractivity contribution in [3.05, 3.63) is 0 Å². The minimum absolute atomic E-state index is 0.292. The predicted octanol–water partition coefficient (Wildman–Crippen LogP) is 1.08. The molecule has 3 nitrogen and oxygen atoms in total. The Morgan fingerprint density at radius 3 is 3.00 bits per heavy atom. The summed E-state index contributed by atoms with van der Waals surface area (Å²) in [6.45, 7) is 9.30. The van der Waals surface area contributed by atoms with E-state index in [4.69, 9.17) is 10.5 Å². The summed E-state index contributed by atoms with van der Waals surface area (Å²) in [6, 6.07) is 0.292. The van der Waals surface area contributed by atoms with E-state index in [1.165, 1.54) is 25.9 Å². The molecule has 0 bridgehead atoms. The highest BCUT2D eigenvalue weighted by atomic mass is 16.5. The van der Waals surface area contributed by atoms with Crippen LogP contribution in [0.25, 0.3) is 0 Å². The Hall–Kier alpha value is -0.120. The van der Waals surface area contributed by atoms with Crippen LogP contribution < -0.4 is 5.73 Å². The third-order valence-electron chi connectivity index (χ3n) is 2.71. The highest BCUT2D eigenvalue weighted by molar-refractivity contribution is 4.74. The molecule has 1 fully saturated rings. The molecule has 3 heteroatoms. The van der Waals surface area contributed by atoms with Crippen LogP contribution in [0.1, 0.15) is 26.7 Å². The highest BCUT2D eigenvalue weighted by Gasteiger charge is 2.20. The first kappa shape index (κ1) is 12.0. The van der Waals surface area contributed by atoms with Gasteiger partial charge < -0.3 is 15.4 Å². The lowest BCUT2D eigenvalue weighted by Crippen LogP contribution is -2.42. The van der Waals surface area contributed by atoms with Crippen LogP contribution in [0.3, 0.4) is 0 Å². The zero-order valence-corrected chi connectivity index (χ0v) is 9.54. The van der Waals surface area contributed by atoms with Gasteiger partial charge in [-0.25, -0.2) is 0 Å². The molecule has 0 aromatic heterocycles. The quantitative estimate of drug-likeness (QED) is 0.722. The van der Waals surface area contributed by atoms with Gasteiger partial charge in [-0.05, 0) is 39.2 Å². The minimum Gasteiger partial charge on any atom is -0.381 e. The van der Waals surface area contributed by atoms with Crippen LogP contribution in [-0.2, 0) is 4.74 Å². The lowest BCUT2D eigenvalue weighted by molar-refractivity contribution is 0.0658. The molecule has 1 rings (SSSR count). The van der Waals surface area contributed by atoms with Gasteiger partial charge in [0.15, 0.2) is 0 Å². The van der Waals surface area contributed by atoms with Crippen molar-refractivity contribution < 1.29 is 4.74 Å². The van der Waals surface area contributed by atoms with Crippen molar-refractivity contribution in [1.82, 2.24) is 4.90 Å². The lowest BCUT2D eigenvalue weighted by Gasteiger charge is -2.33. The van der Waals surface area contributed by atoms with Gasteiger partial charge in [0.05, 0.1) is 6.61 Å². The molecule has 0 spiro atoms. The lowest BCUT2D eigenvalue weighted by atomic mass is 9.98. The van der Waals surface area contributed by atoms with E-state index in [1.807, 2.05) is 0 Å². The zero-order valence-electron chi connectivity index (χ0n) is 9.54. The second kappa shape index (κ2) is 6.38. The fourth-order valence-corrected chi connectivity index (χ4v) is 2.14. The van der Waals surface area contributed by atoms with Crippen molar-refractivity contribution >= 4 is 0 Å². The first-order valence-corrected chi connectivity index (χ1v) is 5.78. The van der Waals surface area contributed by atoms with E-state index in [9.17, 15) is 0 Å². The fraction of sp³-hybridized carbons (Fsp3) is 1.00. The number of piperidine rings is 1. The molecule has 2 unspecified atom stereocenters. The van der Waals surface area contributed by atoms with Gasteiger partial charge in [0.25, 0.3) is 0 Å². The summed E-state index contributed by atoms with van der Waals surface area (Å²) in [6.07, 6.45) is 2.61. The highest BCUT2D eigenvalue weighted by Crippen LogP contribution is 2.16. The summed E-state index contributed by atoms with van der Waals surface area (Å²) in [4.78, 5) is 2.47. The van der Waals surface area contributed by atoms with E-state index in [2.05, 4.69) is 18.7 Å². The number of hydrogen-bond donors (Lipinski definition) is 1. The normalized spacial score (nSPS) is 26.4. The number of hydrogen-bond acceptors (Lipinski definition) is 3. The summed E-state index contributed by atoms with van der Waals surface area (Å²) in [5, 5.41) is 0. The maximum absolute atomic E-state index is 5.80. The Morgan fingerprint density at radius 2 is 2.36 bits per heavy atom. The van der Waals surface area contributed by atoms with Crippen LogP contribution in [0, 0.1) is 5.92 Å². The molecule has 14 heavy (non-hydrogen) atoms. The molecule has 0 radical (unpaired) electrons. The van der Waals surface area contributed by atoms with Crippen LogP contribution in [0.5, 0.6) is 0 Å². The van der Waals surface area contributed by atoms with Crippen molar-refractivity contribution in [2.24, 2.45) is 11.7 Å². The van der Waals surface area contributed by atoms with Crippen LogP contribution in [-0.4, -0.2) is 43.8 Å². The van der Waals surface area contributed by atoms with Crippen LogP contribution in [0.2, 0.25) is 0 Å². The van der Waals surface area contributed by atoms with E-state index < -0.39 is 0 Å². The van der Waals surface area contributed by atoms with Crippen molar-refractivity contribution in [3.8, 4) is 0 Å². The molecule has 0 aromatic carbocycles. The van der Waals surface area contributed by atoms with Crippen molar-refractivity contribution in [3.63, 3.8) is 0 Å². The third-order valence-corrected chi connectivity index (χ3v) is 2.71. The largest absolute Gasteiger partial charge is 0.381 e. The zero-order chi connectivity index (χ0) is 10.4. The average Bonchev–Trinajstić information content (AvgIpc) is 2.14. The van der Waals surface area contributed by atoms with Crippen molar-refractivity contribution in [2.75, 3.05) is 32.8 Å². The van der Waals surface area contributed by atoms with Crippen molar-refractivity contribution in [2.45, 2.75) is 32.7 Å². The molecule has 1 aliphatic rings. The Bertz CT molecular complexity index is 150. The number of rotatable bonds is 5. The molecular weight excluding hydrogens is 176 g/mol. The average molecular weight is 200 g/mol. The Kier molecular flexibility index (Phi) is 5.45. The molecule has 2 atom stereocenters. The molecule has 0 amide bonds. The van der Waals surface area contributed by atoms with Gasteiger partial charge >= 0.3 is 0 Å². The van der Waals surface area contributed by atoms with Crippen LogP contribution >= 0.6 is 0 Å². The van der Waals surface area contributed by atoms with Crippen molar-refractivity contribution in [1.29, 1.82) is 0 Å². The molecule has 2 N–H and O–H groups in total. The molecule has 0 saturated carbocycles. The first-order valence-electron chi connectivity index (χ1n) is 5.78. The molecule has 84 valence electrons. The van der Waals surface area contributed by atoms with Gasteiger partial charge in [-0.1, -0.05) is 0 Å². The molecule has 1 saturated heterocycles. The standard InChI is InChI=1S/C11H24N2O/c1-3-14-9-11-5-4-6-13(8-11)7-10(2)12/h10-11H,3-9,12H2,1-2H3. The maximum atomic E-state index is 5.80. The van der Waals surface area contributed by atoms with Crippen LogP contribution in [0.4, 0.5) is 0 Å². The molecule has 0 aliphatic carbocycles. The summed E-state index contributed by atoms with van der Waals surface area (Å²) in [5.74, 6) is 0.724. The van der Waals surface area contributed by atoms with Gasteiger partial charge in [-0.2, -0.15) is 0 Å². The van der Waals surface area contributed by atoms with Gasteiger partial charge in [0, 0.05) is 25.7 Å². The first-order chi connectivity index (χ1) is 6.72. The summed E-state index contributed by atoms with van der Waals surface area (Å²) >= 11 is 0. The topological polar surface area (TPSA) is 38.5 Å². The minimum atomic E-state index is 0.292. The molecule has 1 aliphatic heterocycles. The van der Waals surface area contributed by atoms with E-state index >= 15 is 0 Å². The Balaban J connectivity index is 2.21. The monoisotopic (exact) mass is 200 g/mol. The van der Waals surface area contributed by atoms with E-state index in [0.29, 0.717) is 6.04 Å². The van der Waals surface area contributed by atoms with Gasteiger partial charge in [-0.15, -0.1) is 0 Å². The summed E-state index contributed by atoms with van der Waals surface area (Å²) in [5.41, 5.74) is 5.80. The molecule has 1 heterocycles. The fourth-order valence-electron chi connectivity index (χ4n) is 2.14. The number of ether oxygens (including phenoxy) is 1. The second-order valence-electron chi connectivity index (χ2n) is 4.40. The maximum Gasteiger partial charge on any atom is 0.0506 e. The molecule has 0 aromatic rings. The second-order valence-corrected chi connectivity index (χ2v) is 4.40. The number of nitrogens with two attached hydrogens (primary N) is 1.